The van der Waals surface area contributed by atoms with Crippen molar-refractivity contribution in [2.24, 2.45) is 7.05 Å². The van der Waals surface area contributed by atoms with E-state index in [0.29, 0.717) is 0 Å². The van der Waals surface area contributed by atoms with Gasteiger partial charge in [0.25, 0.3) is 0 Å². The molecule has 3 nitrogen and oxygen atoms in total. The number of aryl methyl sites for hydroxylation is 2. The molecule has 17 heavy (non-hydrogen) atoms. The molecule has 1 rings (SSSR count). The van der Waals surface area contributed by atoms with Crippen LogP contribution in [0, 0.1) is 0 Å². The van der Waals surface area contributed by atoms with Gasteiger partial charge in [-0.2, -0.15) is 11.8 Å². The molecule has 0 unspecified atom stereocenters. The third kappa shape index (κ3) is 5.59. The van der Waals surface area contributed by atoms with Crippen LogP contribution in [0.15, 0.2) is 12.4 Å². The Hall–Kier alpha value is -0.480. The largest absolute Gasteiger partial charge is 0.338 e. The van der Waals surface area contributed by atoms with Gasteiger partial charge in [0.15, 0.2) is 0 Å². The van der Waals surface area contributed by atoms with Gasteiger partial charge in [0.2, 0.25) is 0 Å². The fraction of sp³-hybridized carbons (Fsp3) is 0.769. The molecule has 0 aliphatic heterocycles. The van der Waals surface area contributed by atoms with Crippen molar-refractivity contribution >= 4 is 11.8 Å². The molecule has 0 amide bonds. The van der Waals surface area contributed by atoms with Crippen molar-refractivity contribution in [3.8, 4) is 0 Å². The number of hydrogen-bond acceptors (Lipinski definition) is 3. The van der Waals surface area contributed by atoms with Crippen LogP contribution in [0.25, 0.3) is 0 Å². The van der Waals surface area contributed by atoms with Gasteiger partial charge in [-0.3, -0.25) is 0 Å². The van der Waals surface area contributed by atoms with Crippen molar-refractivity contribution in [1.29, 1.82) is 0 Å². The zero-order chi connectivity index (χ0) is 12.7. The van der Waals surface area contributed by atoms with Crippen LogP contribution in [0.3, 0.4) is 0 Å². The lowest BCUT2D eigenvalue weighted by Crippen LogP contribution is -2.23. The van der Waals surface area contributed by atoms with Crippen LogP contribution in [0.5, 0.6) is 0 Å². The van der Waals surface area contributed by atoms with Crippen molar-refractivity contribution in [2.45, 2.75) is 31.4 Å². The quantitative estimate of drug-likeness (QED) is 0.712. The molecule has 0 radical (unpaired) electrons. The van der Waals surface area contributed by atoms with E-state index in [1.807, 2.05) is 24.2 Å². The van der Waals surface area contributed by atoms with Crippen LogP contribution in [0.2, 0.25) is 0 Å². The first kappa shape index (κ1) is 14.6. The van der Waals surface area contributed by atoms with E-state index in [-0.39, 0.29) is 0 Å². The Morgan fingerprint density at radius 1 is 1.47 bits per heavy atom. The van der Waals surface area contributed by atoms with Crippen molar-refractivity contribution in [1.82, 2.24) is 14.5 Å². The highest BCUT2D eigenvalue weighted by Crippen LogP contribution is 2.10. The average molecular weight is 255 g/mol. The minimum atomic E-state index is 0.770. The number of nitrogens with zero attached hydrogens (tertiary/aromatic N) is 3. The van der Waals surface area contributed by atoms with Gasteiger partial charge in [-0.25, -0.2) is 4.98 Å². The first-order chi connectivity index (χ1) is 8.13. The van der Waals surface area contributed by atoms with Crippen molar-refractivity contribution in [3.05, 3.63) is 18.2 Å². The van der Waals surface area contributed by atoms with Gasteiger partial charge in [0, 0.05) is 31.1 Å². The van der Waals surface area contributed by atoms with Crippen molar-refractivity contribution < 1.29 is 0 Å². The van der Waals surface area contributed by atoms with E-state index in [1.54, 1.807) is 0 Å². The van der Waals surface area contributed by atoms with E-state index in [1.165, 1.54) is 25.2 Å². The van der Waals surface area contributed by atoms with E-state index < -0.39 is 0 Å². The summed E-state index contributed by atoms with van der Waals surface area (Å²) in [5.41, 5.74) is 0. The molecule has 0 fully saturated rings. The molecule has 0 aliphatic rings. The first-order valence-corrected chi connectivity index (χ1v) is 7.59. The molecule has 0 aromatic carbocycles. The second kappa shape index (κ2) is 7.77. The third-order valence-corrected chi connectivity index (χ3v) is 4.22. The van der Waals surface area contributed by atoms with E-state index in [2.05, 4.69) is 41.7 Å². The average Bonchev–Trinajstić information content (AvgIpc) is 2.72. The Bertz CT molecular complexity index is 311. The predicted molar refractivity (Wildman–Crippen MR) is 76.6 cm³/mol. The number of thioether (sulfide) groups is 1. The van der Waals surface area contributed by atoms with Gasteiger partial charge in [0.05, 0.1) is 0 Å². The monoisotopic (exact) mass is 255 g/mol. The Kier molecular flexibility index (Phi) is 6.66. The zero-order valence-corrected chi connectivity index (χ0v) is 12.3. The van der Waals surface area contributed by atoms with Crippen molar-refractivity contribution in [3.63, 3.8) is 0 Å². The summed E-state index contributed by atoms with van der Waals surface area (Å²) in [6.07, 6.45) is 9.62. The molecule has 1 heterocycles. The molecule has 1 aromatic rings. The highest BCUT2D eigenvalue weighted by molar-refractivity contribution is 7.99. The van der Waals surface area contributed by atoms with Gasteiger partial charge < -0.3 is 9.47 Å². The molecule has 1 atom stereocenters. The molecule has 98 valence electrons. The molecule has 0 saturated carbocycles. The molecule has 0 spiro atoms. The SMILES string of the molecule is CS[C@@H](C)CCN(C)CCCc1nccn1C. The van der Waals surface area contributed by atoms with E-state index in [0.717, 1.165) is 18.2 Å². The van der Waals surface area contributed by atoms with Crippen LogP contribution in [0.4, 0.5) is 0 Å². The standard InChI is InChI=1S/C13H25N3S/c1-12(17-4)7-10-15(2)9-5-6-13-14-8-11-16(13)3/h8,11-12H,5-7,9-10H2,1-4H3/t12-/m0/s1. The topological polar surface area (TPSA) is 21.1 Å². The van der Waals surface area contributed by atoms with Gasteiger partial charge >= 0.3 is 0 Å². The minimum absolute atomic E-state index is 0.770. The molecular formula is C13H25N3S. The summed E-state index contributed by atoms with van der Waals surface area (Å²) in [6.45, 7) is 4.66. The molecule has 0 saturated heterocycles. The number of imidazole rings is 1. The Morgan fingerprint density at radius 3 is 2.82 bits per heavy atom. The summed E-state index contributed by atoms with van der Waals surface area (Å²) in [7, 11) is 4.28. The van der Waals surface area contributed by atoms with Gasteiger partial charge in [-0.05, 0) is 39.2 Å². The number of aromatic nitrogens is 2. The summed E-state index contributed by atoms with van der Waals surface area (Å²) in [5, 5.41) is 0.770. The maximum atomic E-state index is 4.34. The summed E-state index contributed by atoms with van der Waals surface area (Å²) in [6, 6.07) is 0. The Labute approximate surface area is 110 Å². The molecule has 0 bridgehead atoms. The second-order valence-corrected chi connectivity index (χ2v) is 5.97. The van der Waals surface area contributed by atoms with E-state index in [4.69, 9.17) is 0 Å². The zero-order valence-electron chi connectivity index (χ0n) is 11.5. The first-order valence-electron chi connectivity index (χ1n) is 6.31. The maximum Gasteiger partial charge on any atom is 0.108 e. The fourth-order valence-electron chi connectivity index (χ4n) is 1.78. The predicted octanol–water partition coefficient (Wildman–Crippen LogP) is 2.43. The Balaban J connectivity index is 2.12. The van der Waals surface area contributed by atoms with E-state index >= 15 is 0 Å². The van der Waals surface area contributed by atoms with E-state index in [9.17, 15) is 0 Å². The maximum absolute atomic E-state index is 4.34. The van der Waals surface area contributed by atoms with Crippen LogP contribution >= 0.6 is 11.8 Å². The minimum Gasteiger partial charge on any atom is -0.338 e. The van der Waals surface area contributed by atoms with Gasteiger partial charge in [0.1, 0.15) is 5.82 Å². The lowest BCUT2D eigenvalue weighted by atomic mass is 10.2. The highest BCUT2D eigenvalue weighted by Gasteiger charge is 2.04. The van der Waals surface area contributed by atoms with Crippen LogP contribution in [-0.4, -0.2) is 46.1 Å². The second-order valence-electron chi connectivity index (χ2n) is 4.70. The summed E-state index contributed by atoms with van der Waals surface area (Å²) < 4.78 is 2.11. The van der Waals surface area contributed by atoms with Gasteiger partial charge in [-0.15, -0.1) is 0 Å². The molecule has 0 aliphatic carbocycles. The smallest absolute Gasteiger partial charge is 0.108 e. The van der Waals surface area contributed by atoms with Crippen LogP contribution in [-0.2, 0) is 13.5 Å². The summed E-state index contributed by atoms with van der Waals surface area (Å²) in [4.78, 5) is 6.77. The third-order valence-electron chi connectivity index (χ3n) is 3.18. The number of hydrogen-bond donors (Lipinski definition) is 0. The van der Waals surface area contributed by atoms with Crippen LogP contribution in [0.1, 0.15) is 25.6 Å². The van der Waals surface area contributed by atoms with Crippen molar-refractivity contribution in [2.75, 3.05) is 26.4 Å². The Morgan fingerprint density at radius 2 is 2.24 bits per heavy atom. The highest BCUT2D eigenvalue weighted by atomic mass is 32.2. The fourth-order valence-corrected chi connectivity index (χ4v) is 2.12. The normalized spacial score (nSPS) is 13.2. The van der Waals surface area contributed by atoms with Crippen LogP contribution < -0.4 is 0 Å². The molecule has 1 aromatic heterocycles. The molecule has 4 heteroatoms. The summed E-state index contributed by atoms with van der Waals surface area (Å²) in [5.74, 6) is 1.19. The molecular weight excluding hydrogens is 230 g/mol. The molecule has 0 N–H and O–H groups in total. The number of rotatable bonds is 8. The summed E-state index contributed by atoms with van der Waals surface area (Å²) >= 11 is 1.95. The van der Waals surface area contributed by atoms with Gasteiger partial charge in [-0.1, -0.05) is 6.92 Å². The lowest BCUT2D eigenvalue weighted by Gasteiger charge is -2.18. The lowest BCUT2D eigenvalue weighted by molar-refractivity contribution is 0.324.